The van der Waals surface area contributed by atoms with Crippen molar-refractivity contribution < 1.29 is 5.21 Å². The van der Waals surface area contributed by atoms with Gasteiger partial charge in [-0.2, -0.15) is 0 Å². The minimum Gasteiger partial charge on any atom is -0.368 e. The van der Waals surface area contributed by atoms with Crippen LogP contribution in [0.2, 0.25) is 0 Å². The van der Waals surface area contributed by atoms with Crippen molar-refractivity contribution >= 4 is 5.96 Å². The Morgan fingerprint density at radius 3 is 2.45 bits per heavy atom. The highest BCUT2D eigenvalue weighted by molar-refractivity contribution is 5.76. The molecule has 0 unspecified atom stereocenters. The first kappa shape index (κ1) is 10.2. The van der Waals surface area contributed by atoms with Gasteiger partial charge in [-0.25, -0.2) is 5.48 Å². The molecule has 0 saturated carbocycles. The molecular formula is C7H17N3O. The van der Waals surface area contributed by atoms with Crippen molar-refractivity contribution in [2.75, 3.05) is 6.54 Å². The Bertz CT molecular complexity index is 137. The van der Waals surface area contributed by atoms with Gasteiger partial charge in [0.1, 0.15) is 0 Å². The summed E-state index contributed by atoms with van der Waals surface area (Å²) in [4.78, 5) is 3.86. The molecule has 4 N–H and O–H groups in total. The Kier molecular flexibility index (Phi) is 3.89. The Morgan fingerprint density at radius 1 is 1.55 bits per heavy atom. The molecule has 0 atom stereocenters. The molecule has 0 aromatic rings. The zero-order chi connectivity index (χ0) is 8.91. The summed E-state index contributed by atoms with van der Waals surface area (Å²) < 4.78 is 0. The van der Waals surface area contributed by atoms with E-state index in [1.807, 2.05) is 0 Å². The first-order valence-electron chi connectivity index (χ1n) is 3.66. The van der Waals surface area contributed by atoms with Crippen LogP contribution in [0.25, 0.3) is 0 Å². The minimum absolute atomic E-state index is 0.0780. The van der Waals surface area contributed by atoms with Crippen molar-refractivity contribution in [2.24, 2.45) is 16.1 Å². The van der Waals surface area contributed by atoms with E-state index in [1.165, 1.54) is 0 Å². The number of hydrogen-bond donors (Lipinski definition) is 3. The van der Waals surface area contributed by atoms with Gasteiger partial charge in [0.2, 0.25) is 5.96 Å². The van der Waals surface area contributed by atoms with Gasteiger partial charge in [-0.05, 0) is 11.8 Å². The maximum Gasteiger partial charge on any atom is 0.212 e. The Hall–Kier alpha value is -0.770. The number of nitrogens with zero attached hydrogens (tertiary/aromatic N) is 1. The highest BCUT2D eigenvalue weighted by atomic mass is 16.5. The third-order valence-electron chi connectivity index (χ3n) is 1.26. The monoisotopic (exact) mass is 159 g/mol. The molecule has 0 saturated heterocycles. The van der Waals surface area contributed by atoms with Gasteiger partial charge in [0.05, 0.1) is 0 Å². The molecule has 0 amide bonds. The highest BCUT2D eigenvalue weighted by Gasteiger charge is 2.08. The number of nitrogens with one attached hydrogen (secondary N) is 1. The molecule has 0 aromatic heterocycles. The van der Waals surface area contributed by atoms with Gasteiger partial charge in [-0.1, -0.05) is 20.8 Å². The second kappa shape index (κ2) is 4.18. The van der Waals surface area contributed by atoms with Crippen molar-refractivity contribution in [3.05, 3.63) is 0 Å². The summed E-state index contributed by atoms with van der Waals surface area (Å²) in [6.45, 7) is 7.03. The SMILES string of the molecule is CC(C)(C)CCN=C(N)NO. The molecule has 0 aromatic carbocycles. The molecular weight excluding hydrogens is 142 g/mol. The second-order valence-corrected chi connectivity index (χ2v) is 3.69. The molecule has 0 fully saturated rings. The quantitative estimate of drug-likeness (QED) is 0.316. The molecule has 11 heavy (non-hydrogen) atoms. The van der Waals surface area contributed by atoms with Crippen molar-refractivity contribution in [1.82, 2.24) is 5.48 Å². The Labute approximate surface area is 67.5 Å². The van der Waals surface area contributed by atoms with Crippen LogP contribution in [0.5, 0.6) is 0 Å². The lowest BCUT2D eigenvalue weighted by Gasteiger charge is -2.15. The molecule has 66 valence electrons. The van der Waals surface area contributed by atoms with Crippen molar-refractivity contribution in [3.8, 4) is 0 Å². The van der Waals surface area contributed by atoms with E-state index in [0.29, 0.717) is 6.54 Å². The number of nitrogens with two attached hydrogens (primary N) is 1. The average molecular weight is 159 g/mol. The molecule has 0 radical (unpaired) electrons. The average Bonchev–Trinajstić information content (AvgIpc) is 1.85. The molecule has 0 aliphatic rings. The highest BCUT2D eigenvalue weighted by Crippen LogP contribution is 2.17. The zero-order valence-corrected chi connectivity index (χ0v) is 7.39. The van der Waals surface area contributed by atoms with Crippen LogP contribution in [0.3, 0.4) is 0 Å². The third-order valence-corrected chi connectivity index (χ3v) is 1.26. The predicted molar refractivity (Wildman–Crippen MR) is 45.5 cm³/mol. The summed E-state index contributed by atoms with van der Waals surface area (Å²) in [5.74, 6) is 0.0780. The van der Waals surface area contributed by atoms with E-state index in [-0.39, 0.29) is 11.4 Å². The smallest absolute Gasteiger partial charge is 0.212 e. The largest absolute Gasteiger partial charge is 0.368 e. The van der Waals surface area contributed by atoms with Crippen LogP contribution in [0.4, 0.5) is 0 Å². The van der Waals surface area contributed by atoms with E-state index in [0.717, 1.165) is 6.42 Å². The van der Waals surface area contributed by atoms with Gasteiger partial charge >= 0.3 is 0 Å². The third kappa shape index (κ3) is 7.12. The standard InChI is InChI=1S/C7H17N3O/c1-7(2,3)4-5-9-6(8)10-11/h11H,4-5H2,1-3H3,(H3,8,9,10). The fraction of sp³-hybridized carbons (Fsp3) is 0.857. The summed E-state index contributed by atoms with van der Waals surface area (Å²) in [5.41, 5.74) is 7.23. The topological polar surface area (TPSA) is 70.6 Å². The van der Waals surface area contributed by atoms with Crippen molar-refractivity contribution in [3.63, 3.8) is 0 Å². The minimum atomic E-state index is 0.0780. The normalized spacial score (nSPS) is 13.3. The first-order valence-corrected chi connectivity index (χ1v) is 3.66. The predicted octanol–water partition coefficient (Wildman–Crippen LogP) is 0.716. The van der Waals surface area contributed by atoms with E-state index >= 15 is 0 Å². The molecule has 0 bridgehead atoms. The summed E-state index contributed by atoms with van der Waals surface area (Å²) in [6, 6.07) is 0. The maximum absolute atomic E-state index is 8.26. The molecule has 4 heteroatoms. The second-order valence-electron chi connectivity index (χ2n) is 3.69. The van der Waals surface area contributed by atoms with Crippen LogP contribution in [-0.4, -0.2) is 17.7 Å². The number of guanidine groups is 1. The lowest BCUT2D eigenvalue weighted by molar-refractivity contribution is 0.232. The lowest BCUT2D eigenvalue weighted by Crippen LogP contribution is -2.28. The molecule has 0 rings (SSSR count). The van der Waals surface area contributed by atoms with Crippen molar-refractivity contribution in [2.45, 2.75) is 27.2 Å². The fourth-order valence-electron chi connectivity index (χ4n) is 0.547. The molecule has 0 aliphatic heterocycles. The van der Waals surface area contributed by atoms with Gasteiger partial charge in [-0.3, -0.25) is 10.2 Å². The fourth-order valence-corrected chi connectivity index (χ4v) is 0.547. The van der Waals surface area contributed by atoms with Crippen LogP contribution in [-0.2, 0) is 0 Å². The molecule has 4 nitrogen and oxygen atoms in total. The van der Waals surface area contributed by atoms with E-state index < -0.39 is 0 Å². The Morgan fingerprint density at radius 2 is 2.09 bits per heavy atom. The maximum atomic E-state index is 8.26. The molecule has 0 heterocycles. The van der Waals surface area contributed by atoms with Crippen LogP contribution in [0.15, 0.2) is 4.99 Å². The van der Waals surface area contributed by atoms with E-state index in [9.17, 15) is 0 Å². The van der Waals surface area contributed by atoms with Gasteiger partial charge in [-0.15, -0.1) is 0 Å². The lowest BCUT2D eigenvalue weighted by atomic mass is 9.93. The Balaban J connectivity index is 3.57. The van der Waals surface area contributed by atoms with Gasteiger partial charge in [0, 0.05) is 6.54 Å². The molecule has 0 spiro atoms. The van der Waals surface area contributed by atoms with Crippen LogP contribution in [0.1, 0.15) is 27.2 Å². The van der Waals surface area contributed by atoms with Gasteiger partial charge < -0.3 is 5.73 Å². The molecule has 0 aliphatic carbocycles. The van der Waals surface area contributed by atoms with E-state index in [1.54, 1.807) is 5.48 Å². The summed E-state index contributed by atoms with van der Waals surface area (Å²) >= 11 is 0. The summed E-state index contributed by atoms with van der Waals surface area (Å²) in [6.07, 6.45) is 0.954. The first-order chi connectivity index (χ1) is 4.95. The van der Waals surface area contributed by atoms with Crippen molar-refractivity contribution in [1.29, 1.82) is 0 Å². The van der Waals surface area contributed by atoms with Crippen LogP contribution < -0.4 is 11.2 Å². The number of rotatable bonds is 2. The van der Waals surface area contributed by atoms with Crippen LogP contribution in [0, 0.1) is 5.41 Å². The van der Waals surface area contributed by atoms with E-state index in [4.69, 9.17) is 10.9 Å². The van der Waals surface area contributed by atoms with Crippen LogP contribution >= 0.6 is 0 Å². The summed E-state index contributed by atoms with van der Waals surface area (Å²) in [7, 11) is 0. The number of hydroxylamine groups is 1. The zero-order valence-electron chi connectivity index (χ0n) is 7.39. The number of hydrogen-bond acceptors (Lipinski definition) is 2. The summed E-state index contributed by atoms with van der Waals surface area (Å²) in [5, 5.41) is 8.26. The van der Waals surface area contributed by atoms with Gasteiger partial charge in [0.15, 0.2) is 0 Å². The van der Waals surface area contributed by atoms with Gasteiger partial charge in [0.25, 0.3) is 0 Å². The number of aliphatic imine (C=N–C) groups is 1. The van der Waals surface area contributed by atoms with E-state index in [2.05, 4.69) is 25.8 Å².